The zero-order valence-corrected chi connectivity index (χ0v) is 19.8. The van der Waals surface area contributed by atoms with Crippen molar-refractivity contribution in [1.29, 1.82) is 0 Å². The summed E-state index contributed by atoms with van der Waals surface area (Å²) in [5.74, 6) is 1.58. The van der Waals surface area contributed by atoms with Gasteiger partial charge >= 0.3 is 0 Å². The van der Waals surface area contributed by atoms with Crippen LogP contribution in [0.4, 0.5) is 5.69 Å². The number of sulfonamides is 1. The van der Waals surface area contributed by atoms with E-state index in [2.05, 4.69) is 19.8 Å². The third-order valence-corrected chi connectivity index (χ3v) is 7.23. The Morgan fingerprint density at radius 3 is 2.56 bits per heavy atom. The van der Waals surface area contributed by atoms with Gasteiger partial charge in [0, 0.05) is 28.8 Å². The predicted molar refractivity (Wildman–Crippen MR) is 124 cm³/mol. The number of benzene rings is 1. The molecule has 3 aromatic rings. The minimum absolute atomic E-state index is 0.0447. The van der Waals surface area contributed by atoms with Crippen molar-refractivity contribution in [2.75, 3.05) is 17.6 Å². The van der Waals surface area contributed by atoms with Crippen LogP contribution in [0.25, 0.3) is 22.8 Å². The molecule has 0 unspecified atom stereocenters. The molecular formula is C22H25ClN4O4S. The van der Waals surface area contributed by atoms with Crippen LogP contribution >= 0.6 is 11.6 Å². The number of anilines is 1. The zero-order chi connectivity index (χ0) is 22.9. The molecule has 0 bridgehead atoms. The van der Waals surface area contributed by atoms with E-state index in [1.807, 2.05) is 6.07 Å². The second-order valence-corrected chi connectivity index (χ2v) is 10.3. The maximum Gasteiger partial charge on any atom is 0.258 e. The minimum Gasteiger partial charge on any atom is -0.481 e. The van der Waals surface area contributed by atoms with E-state index in [9.17, 15) is 8.42 Å². The van der Waals surface area contributed by atoms with Gasteiger partial charge < -0.3 is 9.26 Å². The number of pyridine rings is 1. The second-order valence-electron chi connectivity index (χ2n) is 7.88. The molecule has 32 heavy (non-hydrogen) atoms. The molecule has 0 aliphatic heterocycles. The van der Waals surface area contributed by atoms with Crippen LogP contribution in [0.3, 0.4) is 0 Å². The van der Waals surface area contributed by atoms with Crippen LogP contribution in [0.1, 0.15) is 49.8 Å². The summed E-state index contributed by atoms with van der Waals surface area (Å²) in [5.41, 5.74) is 3.35. The van der Waals surface area contributed by atoms with Crippen LogP contribution in [0.5, 0.6) is 5.88 Å². The number of nitrogens with one attached hydrogen (secondary N) is 1. The highest BCUT2D eigenvalue weighted by Gasteiger charge is 2.22. The average molecular weight is 477 g/mol. The maximum atomic E-state index is 11.9. The van der Waals surface area contributed by atoms with Crippen LogP contribution in [-0.4, -0.2) is 36.4 Å². The highest BCUT2D eigenvalue weighted by molar-refractivity contribution is 7.92. The topological polar surface area (TPSA) is 107 Å². The van der Waals surface area contributed by atoms with Crippen molar-refractivity contribution in [2.45, 2.75) is 45.4 Å². The monoisotopic (exact) mass is 476 g/mol. The molecule has 0 amide bonds. The Hall–Kier alpha value is -2.65. The first kappa shape index (κ1) is 22.5. The van der Waals surface area contributed by atoms with Gasteiger partial charge in [-0.2, -0.15) is 4.98 Å². The van der Waals surface area contributed by atoms with Crippen LogP contribution in [0, 0.1) is 6.92 Å². The van der Waals surface area contributed by atoms with Crippen molar-refractivity contribution in [2.24, 2.45) is 0 Å². The standard InChI is InChI=1S/C22H25ClN4O4S/c1-4-32(28,29)27-20-13(2)9-15(10-17(20)23)21-25-22(31-26-21)16-11-18(14-7-5-6-8-14)24-19(12-16)30-3/h9-12,14,27H,4-8H2,1-3H3. The lowest BCUT2D eigenvalue weighted by atomic mass is 10.0. The number of halogens is 1. The number of methoxy groups -OCH3 is 1. The number of hydrogen-bond acceptors (Lipinski definition) is 7. The lowest BCUT2D eigenvalue weighted by molar-refractivity contribution is 0.394. The smallest absolute Gasteiger partial charge is 0.258 e. The van der Waals surface area contributed by atoms with E-state index in [1.165, 1.54) is 12.8 Å². The molecule has 2 aromatic heterocycles. The molecule has 2 heterocycles. The van der Waals surface area contributed by atoms with E-state index in [0.717, 1.165) is 24.1 Å². The lowest BCUT2D eigenvalue weighted by Crippen LogP contribution is -2.15. The number of aromatic nitrogens is 3. The third kappa shape index (κ3) is 4.73. The number of rotatable bonds is 7. The molecule has 1 aliphatic carbocycles. The van der Waals surface area contributed by atoms with Gasteiger partial charge in [-0.3, -0.25) is 4.72 Å². The fourth-order valence-electron chi connectivity index (χ4n) is 3.87. The summed E-state index contributed by atoms with van der Waals surface area (Å²) in [7, 11) is -1.86. The van der Waals surface area contributed by atoms with Gasteiger partial charge in [0.15, 0.2) is 0 Å². The molecule has 0 radical (unpaired) electrons. The molecule has 1 aromatic carbocycles. The Morgan fingerprint density at radius 2 is 1.91 bits per heavy atom. The molecular weight excluding hydrogens is 452 g/mol. The summed E-state index contributed by atoms with van der Waals surface area (Å²) >= 11 is 6.37. The Morgan fingerprint density at radius 1 is 1.16 bits per heavy atom. The normalized spacial score (nSPS) is 14.6. The van der Waals surface area contributed by atoms with Crippen LogP contribution < -0.4 is 9.46 Å². The van der Waals surface area contributed by atoms with Gasteiger partial charge in [0.05, 0.1) is 23.6 Å². The molecule has 1 aliphatic rings. The van der Waals surface area contributed by atoms with Gasteiger partial charge in [-0.15, -0.1) is 0 Å². The van der Waals surface area contributed by atoms with E-state index in [4.69, 9.17) is 20.9 Å². The van der Waals surface area contributed by atoms with E-state index in [0.29, 0.717) is 40.3 Å². The first-order valence-corrected chi connectivity index (χ1v) is 12.5. The summed E-state index contributed by atoms with van der Waals surface area (Å²) in [6.07, 6.45) is 4.63. The largest absolute Gasteiger partial charge is 0.481 e. The quantitative estimate of drug-likeness (QED) is 0.500. The Kier molecular flexibility index (Phi) is 6.39. The van der Waals surface area contributed by atoms with Crippen molar-refractivity contribution in [1.82, 2.24) is 15.1 Å². The Balaban J connectivity index is 1.66. The molecule has 0 spiro atoms. The number of hydrogen-bond donors (Lipinski definition) is 1. The van der Waals surface area contributed by atoms with Gasteiger partial charge in [0.1, 0.15) is 0 Å². The number of aryl methyl sites for hydroxylation is 1. The summed E-state index contributed by atoms with van der Waals surface area (Å²) in [4.78, 5) is 9.15. The summed E-state index contributed by atoms with van der Waals surface area (Å²) in [6.45, 7) is 3.33. The van der Waals surface area contributed by atoms with E-state index in [1.54, 1.807) is 39.2 Å². The molecule has 1 fully saturated rings. The maximum absolute atomic E-state index is 11.9. The van der Waals surface area contributed by atoms with Crippen molar-refractivity contribution in [3.8, 4) is 28.7 Å². The van der Waals surface area contributed by atoms with E-state index < -0.39 is 10.0 Å². The van der Waals surface area contributed by atoms with Crippen LogP contribution in [0.2, 0.25) is 5.02 Å². The number of ether oxygens (including phenoxy) is 1. The average Bonchev–Trinajstić information content (AvgIpc) is 3.48. The van der Waals surface area contributed by atoms with Gasteiger partial charge in [-0.25, -0.2) is 13.4 Å². The highest BCUT2D eigenvalue weighted by Crippen LogP contribution is 2.37. The molecule has 1 N–H and O–H groups in total. The number of nitrogens with zero attached hydrogens (tertiary/aromatic N) is 3. The molecule has 0 saturated heterocycles. The van der Waals surface area contributed by atoms with Gasteiger partial charge in [0.25, 0.3) is 5.89 Å². The Labute approximate surface area is 192 Å². The summed E-state index contributed by atoms with van der Waals surface area (Å²) < 4.78 is 37.3. The van der Waals surface area contributed by atoms with Crippen molar-refractivity contribution >= 4 is 27.3 Å². The van der Waals surface area contributed by atoms with Gasteiger partial charge in [-0.1, -0.05) is 29.6 Å². The van der Waals surface area contributed by atoms with E-state index >= 15 is 0 Å². The summed E-state index contributed by atoms with van der Waals surface area (Å²) in [6, 6.07) is 7.15. The van der Waals surface area contributed by atoms with Gasteiger partial charge in [0.2, 0.25) is 21.7 Å². The molecule has 4 rings (SSSR count). The second kappa shape index (κ2) is 9.07. The fourth-order valence-corrected chi connectivity index (χ4v) is 4.97. The molecule has 0 atom stereocenters. The molecule has 1 saturated carbocycles. The summed E-state index contributed by atoms with van der Waals surface area (Å²) in [5, 5.41) is 4.37. The first-order chi connectivity index (χ1) is 15.3. The van der Waals surface area contributed by atoms with Crippen LogP contribution in [-0.2, 0) is 10.0 Å². The van der Waals surface area contributed by atoms with Crippen molar-refractivity contribution in [3.05, 3.63) is 40.5 Å². The minimum atomic E-state index is -3.45. The SMILES string of the molecule is CCS(=O)(=O)Nc1c(C)cc(-c2noc(-c3cc(OC)nc(C4CCCC4)c3)n2)cc1Cl. The molecule has 10 heteroatoms. The van der Waals surface area contributed by atoms with Crippen molar-refractivity contribution in [3.63, 3.8) is 0 Å². The van der Waals surface area contributed by atoms with Crippen molar-refractivity contribution < 1.29 is 17.7 Å². The first-order valence-electron chi connectivity index (χ1n) is 10.5. The fraction of sp³-hybridized carbons (Fsp3) is 0.409. The van der Waals surface area contributed by atoms with E-state index in [-0.39, 0.29) is 10.8 Å². The predicted octanol–water partition coefficient (Wildman–Crippen LogP) is 5.19. The molecule has 8 nitrogen and oxygen atoms in total. The third-order valence-electron chi connectivity index (χ3n) is 5.66. The zero-order valence-electron chi connectivity index (χ0n) is 18.2. The molecule has 170 valence electrons. The van der Waals surface area contributed by atoms with Gasteiger partial charge in [-0.05, 0) is 50.5 Å². The van der Waals surface area contributed by atoms with Crippen LogP contribution in [0.15, 0.2) is 28.8 Å². The highest BCUT2D eigenvalue weighted by atomic mass is 35.5. The lowest BCUT2D eigenvalue weighted by Gasteiger charge is -2.12. The Bertz CT molecular complexity index is 1210.